The quantitative estimate of drug-likeness (QED) is 0.332. The number of carbonyl (C=O) groups is 1. The fraction of sp³-hybridized carbons (Fsp3) is 0.136. The van der Waals surface area contributed by atoms with Crippen molar-refractivity contribution in [2.24, 2.45) is 4.99 Å². The van der Waals surface area contributed by atoms with Gasteiger partial charge in [-0.15, -0.1) is 0 Å². The number of aromatic nitrogens is 1. The zero-order chi connectivity index (χ0) is 23.0. The van der Waals surface area contributed by atoms with E-state index in [-0.39, 0.29) is 16.8 Å². The Balaban J connectivity index is 1.94. The average Bonchev–Trinajstić information content (AvgIpc) is 3.07. The molecule has 3 aromatic rings. The van der Waals surface area contributed by atoms with E-state index in [1.54, 1.807) is 49.4 Å². The number of fused-ring (bicyclic) bond motifs is 1. The number of benzene rings is 2. The molecule has 0 aliphatic carbocycles. The molecule has 0 spiro atoms. The Hall–Kier alpha value is -3.56. The monoisotopic (exact) mass is 469 g/mol. The molecular weight excluding hydrogens is 454 g/mol. The summed E-state index contributed by atoms with van der Waals surface area (Å²) in [7, 11) is 1.27. The van der Waals surface area contributed by atoms with Gasteiger partial charge in [0.1, 0.15) is 6.04 Å². The van der Waals surface area contributed by atoms with Crippen LogP contribution in [0.1, 0.15) is 24.1 Å². The normalized spacial score (nSPS) is 15.8. The van der Waals surface area contributed by atoms with Gasteiger partial charge in [0.2, 0.25) is 0 Å². The molecule has 1 aromatic heterocycles. The summed E-state index contributed by atoms with van der Waals surface area (Å²) in [6.07, 6.45) is 1.63. The number of methoxy groups -OCH3 is 1. The Morgan fingerprint density at radius 3 is 2.56 bits per heavy atom. The highest BCUT2D eigenvalue weighted by Gasteiger charge is 2.34. The molecule has 1 atom stereocenters. The minimum Gasteiger partial charge on any atom is -0.466 e. The van der Waals surface area contributed by atoms with Crippen LogP contribution in [0.3, 0.4) is 0 Å². The van der Waals surface area contributed by atoms with Crippen molar-refractivity contribution in [1.29, 1.82) is 0 Å². The molecule has 4 rings (SSSR count). The third-order valence-electron chi connectivity index (χ3n) is 5.03. The number of nitrogens with zero attached hydrogens (tertiary/aromatic N) is 3. The number of esters is 1. The molecule has 1 unspecified atom stereocenters. The molecule has 2 aromatic carbocycles. The Kier molecular flexibility index (Phi) is 5.77. The van der Waals surface area contributed by atoms with Gasteiger partial charge in [-0.25, -0.2) is 9.79 Å². The van der Waals surface area contributed by atoms with Crippen molar-refractivity contribution < 1.29 is 14.5 Å². The van der Waals surface area contributed by atoms with Crippen LogP contribution in [0.4, 0.5) is 5.69 Å². The van der Waals surface area contributed by atoms with Crippen molar-refractivity contribution in [2.75, 3.05) is 7.11 Å². The van der Waals surface area contributed by atoms with E-state index in [2.05, 4.69) is 4.99 Å². The largest absolute Gasteiger partial charge is 0.466 e. The van der Waals surface area contributed by atoms with E-state index in [9.17, 15) is 19.7 Å². The maximum Gasteiger partial charge on any atom is 0.338 e. The first-order valence-electron chi connectivity index (χ1n) is 9.41. The molecule has 162 valence electrons. The lowest BCUT2D eigenvalue weighted by atomic mass is 9.96. The lowest BCUT2D eigenvalue weighted by molar-refractivity contribution is -0.384. The van der Waals surface area contributed by atoms with Gasteiger partial charge in [-0.3, -0.25) is 19.5 Å². The molecule has 0 radical (unpaired) electrons. The Bertz CT molecular complexity index is 1450. The number of thiazole rings is 1. The third-order valence-corrected chi connectivity index (χ3v) is 6.36. The summed E-state index contributed by atoms with van der Waals surface area (Å²) in [5, 5.41) is 11.3. The van der Waals surface area contributed by atoms with Crippen LogP contribution in [0.25, 0.3) is 6.08 Å². The summed E-state index contributed by atoms with van der Waals surface area (Å²) in [5.74, 6) is -0.596. The first kappa shape index (κ1) is 21.7. The second-order valence-corrected chi connectivity index (χ2v) is 8.36. The summed E-state index contributed by atoms with van der Waals surface area (Å²) >= 11 is 7.60. The number of nitro benzene ring substituents is 1. The van der Waals surface area contributed by atoms with E-state index in [0.717, 1.165) is 11.3 Å². The van der Waals surface area contributed by atoms with Gasteiger partial charge < -0.3 is 4.74 Å². The van der Waals surface area contributed by atoms with Crippen LogP contribution < -0.4 is 14.9 Å². The maximum atomic E-state index is 13.4. The zero-order valence-electron chi connectivity index (χ0n) is 16.9. The summed E-state index contributed by atoms with van der Waals surface area (Å²) < 4.78 is 6.77. The molecule has 1 aliphatic heterocycles. The first-order valence-corrected chi connectivity index (χ1v) is 10.6. The summed E-state index contributed by atoms with van der Waals surface area (Å²) in [6, 6.07) is 12.0. The molecule has 0 saturated heterocycles. The number of carbonyl (C=O) groups excluding carboxylic acids is 1. The highest BCUT2D eigenvalue weighted by molar-refractivity contribution is 7.07. The van der Waals surface area contributed by atoms with Crippen molar-refractivity contribution in [3.8, 4) is 0 Å². The van der Waals surface area contributed by atoms with Crippen molar-refractivity contribution in [1.82, 2.24) is 4.57 Å². The van der Waals surface area contributed by atoms with E-state index in [0.29, 0.717) is 31.2 Å². The lowest BCUT2D eigenvalue weighted by Crippen LogP contribution is -2.39. The maximum absolute atomic E-state index is 13.4. The van der Waals surface area contributed by atoms with E-state index >= 15 is 0 Å². The predicted molar refractivity (Wildman–Crippen MR) is 120 cm³/mol. The molecule has 0 amide bonds. The SMILES string of the molecule is COC(=O)C1=C(C)N=c2s/c(=C/c3ccc([N+](=O)[O-])cc3)c(=O)n2C1c1ccccc1Cl. The van der Waals surface area contributed by atoms with Crippen LogP contribution in [0.2, 0.25) is 5.02 Å². The van der Waals surface area contributed by atoms with Crippen LogP contribution in [-0.4, -0.2) is 22.6 Å². The van der Waals surface area contributed by atoms with Crippen LogP contribution in [0.15, 0.2) is 69.6 Å². The molecule has 0 N–H and O–H groups in total. The average molecular weight is 470 g/mol. The minimum atomic E-state index is -0.800. The van der Waals surface area contributed by atoms with Crippen molar-refractivity contribution >= 4 is 40.7 Å². The van der Waals surface area contributed by atoms with Gasteiger partial charge in [0, 0.05) is 17.2 Å². The van der Waals surface area contributed by atoms with Gasteiger partial charge in [-0.05, 0) is 42.3 Å². The highest BCUT2D eigenvalue weighted by Crippen LogP contribution is 2.34. The van der Waals surface area contributed by atoms with Gasteiger partial charge in [0.05, 0.1) is 27.8 Å². The van der Waals surface area contributed by atoms with Gasteiger partial charge >= 0.3 is 5.97 Å². The van der Waals surface area contributed by atoms with Crippen molar-refractivity contribution in [3.63, 3.8) is 0 Å². The number of allylic oxidation sites excluding steroid dienone is 1. The first-order chi connectivity index (χ1) is 15.3. The summed E-state index contributed by atoms with van der Waals surface area (Å²) in [5.41, 5.74) is 1.47. The molecule has 10 heteroatoms. The van der Waals surface area contributed by atoms with Crippen LogP contribution in [-0.2, 0) is 9.53 Å². The number of ether oxygens (including phenoxy) is 1. The molecule has 8 nitrogen and oxygen atoms in total. The number of halogens is 1. The van der Waals surface area contributed by atoms with Crippen LogP contribution in [0, 0.1) is 10.1 Å². The third kappa shape index (κ3) is 3.76. The van der Waals surface area contributed by atoms with E-state index in [1.807, 2.05) is 0 Å². The van der Waals surface area contributed by atoms with E-state index in [1.165, 1.54) is 23.8 Å². The number of non-ortho nitro benzene ring substituents is 1. The fourth-order valence-corrected chi connectivity index (χ4v) is 4.81. The molecule has 0 fully saturated rings. The number of hydrogen-bond donors (Lipinski definition) is 0. The molecule has 32 heavy (non-hydrogen) atoms. The van der Waals surface area contributed by atoms with Gasteiger partial charge in [-0.1, -0.05) is 41.1 Å². The Morgan fingerprint density at radius 1 is 1.25 bits per heavy atom. The number of rotatable bonds is 4. The van der Waals surface area contributed by atoms with Gasteiger partial charge in [0.15, 0.2) is 4.80 Å². The fourth-order valence-electron chi connectivity index (χ4n) is 3.53. The Morgan fingerprint density at radius 2 is 1.94 bits per heavy atom. The Labute approximate surface area is 190 Å². The topological polar surface area (TPSA) is 104 Å². The second-order valence-electron chi connectivity index (χ2n) is 6.94. The summed E-state index contributed by atoms with van der Waals surface area (Å²) in [4.78, 5) is 41.3. The second kappa shape index (κ2) is 8.52. The van der Waals surface area contributed by atoms with E-state index in [4.69, 9.17) is 16.3 Å². The molecule has 0 bridgehead atoms. The zero-order valence-corrected chi connectivity index (χ0v) is 18.5. The minimum absolute atomic E-state index is 0.0410. The molecule has 1 aliphatic rings. The predicted octanol–water partition coefficient (Wildman–Crippen LogP) is 2.97. The van der Waals surface area contributed by atoms with Crippen molar-refractivity contribution in [2.45, 2.75) is 13.0 Å². The van der Waals surface area contributed by atoms with Crippen molar-refractivity contribution in [3.05, 3.63) is 106 Å². The summed E-state index contributed by atoms with van der Waals surface area (Å²) in [6.45, 7) is 1.68. The van der Waals surface area contributed by atoms with Gasteiger partial charge in [-0.2, -0.15) is 0 Å². The number of hydrogen-bond acceptors (Lipinski definition) is 7. The smallest absolute Gasteiger partial charge is 0.338 e. The highest BCUT2D eigenvalue weighted by atomic mass is 35.5. The van der Waals surface area contributed by atoms with E-state index < -0.39 is 16.9 Å². The van der Waals surface area contributed by atoms with Gasteiger partial charge in [0.25, 0.3) is 11.2 Å². The lowest BCUT2D eigenvalue weighted by Gasteiger charge is -2.25. The van der Waals surface area contributed by atoms with Crippen LogP contribution in [0.5, 0.6) is 0 Å². The molecular formula is C22H16ClN3O5S. The molecule has 0 saturated carbocycles. The standard InChI is InChI=1S/C22H16ClN3O5S/c1-12-18(21(28)31-2)19(15-5-3-4-6-16(15)23)25-20(27)17(32-22(25)24-12)11-13-7-9-14(10-8-13)26(29)30/h3-11,19H,1-2H3/b17-11+. The number of nitro groups is 1. The molecule has 2 heterocycles. The van der Waals surface area contributed by atoms with Crippen LogP contribution >= 0.6 is 22.9 Å².